The van der Waals surface area contributed by atoms with Crippen molar-refractivity contribution in [1.29, 1.82) is 0 Å². The third-order valence-electron chi connectivity index (χ3n) is 8.97. The van der Waals surface area contributed by atoms with Gasteiger partial charge in [0.1, 0.15) is 0 Å². The van der Waals surface area contributed by atoms with E-state index in [4.69, 9.17) is 9.97 Å². The summed E-state index contributed by atoms with van der Waals surface area (Å²) < 4.78 is 2.33. The molecule has 9 aromatic rings. The van der Waals surface area contributed by atoms with E-state index in [1.165, 1.54) is 48.1 Å². The SMILES string of the molecule is c1ccc2cc(-c3nc(N4c5c(ccc6ccccc56)-c5cccc6cccc4c56)nc4c3sc3ccccc34)ccc2c1. The summed E-state index contributed by atoms with van der Waals surface area (Å²) in [5.74, 6) is 0.684. The minimum Gasteiger partial charge on any atom is -0.277 e. The van der Waals surface area contributed by atoms with Crippen molar-refractivity contribution < 1.29 is 0 Å². The zero-order chi connectivity index (χ0) is 28.8. The second kappa shape index (κ2) is 8.96. The Morgan fingerprint density at radius 3 is 2.16 bits per heavy atom. The topological polar surface area (TPSA) is 29.0 Å². The molecule has 0 saturated carbocycles. The van der Waals surface area contributed by atoms with Gasteiger partial charge in [0.05, 0.1) is 27.3 Å². The molecule has 1 aliphatic heterocycles. The number of rotatable bonds is 2. The first-order valence-corrected chi connectivity index (χ1v) is 15.7. The second-order valence-electron chi connectivity index (χ2n) is 11.4. The third-order valence-corrected chi connectivity index (χ3v) is 10.1. The zero-order valence-electron chi connectivity index (χ0n) is 23.5. The molecule has 0 spiro atoms. The molecule has 2 aromatic heterocycles. The molecule has 0 N–H and O–H groups in total. The fraction of sp³-hybridized carbons (Fsp3) is 0. The van der Waals surface area contributed by atoms with E-state index >= 15 is 0 Å². The lowest BCUT2D eigenvalue weighted by Gasteiger charge is -2.33. The van der Waals surface area contributed by atoms with Gasteiger partial charge in [0, 0.05) is 32.0 Å². The molecule has 0 aliphatic carbocycles. The molecule has 3 nitrogen and oxygen atoms in total. The van der Waals surface area contributed by atoms with Gasteiger partial charge in [-0.3, -0.25) is 4.90 Å². The Balaban J connectivity index is 1.36. The molecule has 204 valence electrons. The Bertz CT molecular complexity index is 2630. The monoisotopic (exact) mass is 577 g/mol. The Hall–Kier alpha value is -5.58. The minimum atomic E-state index is 0.684. The Morgan fingerprint density at radius 1 is 0.523 bits per heavy atom. The number of hydrogen-bond acceptors (Lipinski definition) is 4. The van der Waals surface area contributed by atoms with Crippen LogP contribution >= 0.6 is 11.3 Å². The highest BCUT2D eigenvalue weighted by atomic mass is 32.1. The van der Waals surface area contributed by atoms with Crippen LogP contribution in [-0.2, 0) is 0 Å². The summed E-state index contributed by atoms with van der Waals surface area (Å²) in [7, 11) is 0. The maximum Gasteiger partial charge on any atom is 0.235 e. The van der Waals surface area contributed by atoms with Crippen LogP contribution in [-0.4, -0.2) is 9.97 Å². The van der Waals surface area contributed by atoms with E-state index in [0.29, 0.717) is 5.95 Å². The minimum absolute atomic E-state index is 0.684. The van der Waals surface area contributed by atoms with Gasteiger partial charge in [0.15, 0.2) is 0 Å². The quantitative estimate of drug-likeness (QED) is 0.205. The number of fused-ring (bicyclic) bond motifs is 8. The van der Waals surface area contributed by atoms with E-state index < -0.39 is 0 Å². The first-order chi connectivity index (χ1) is 21.8. The van der Waals surface area contributed by atoms with Gasteiger partial charge in [-0.1, -0.05) is 121 Å². The van der Waals surface area contributed by atoms with Crippen molar-refractivity contribution >= 4 is 81.3 Å². The van der Waals surface area contributed by atoms with E-state index in [9.17, 15) is 0 Å². The van der Waals surface area contributed by atoms with E-state index in [1.54, 1.807) is 11.3 Å². The van der Waals surface area contributed by atoms with Crippen molar-refractivity contribution in [1.82, 2.24) is 9.97 Å². The van der Waals surface area contributed by atoms with E-state index in [1.807, 2.05) is 0 Å². The van der Waals surface area contributed by atoms with Crippen LogP contribution in [0, 0.1) is 0 Å². The first-order valence-electron chi connectivity index (χ1n) is 14.8. The molecule has 0 saturated heterocycles. The highest BCUT2D eigenvalue weighted by Gasteiger charge is 2.30. The lowest BCUT2D eigenvalue weighted by Crippen LogP contribution is -2.18. The molecule has 0 unspecified atom stereocenters. The standard InChI is InChI=1S/C40H23N3S/c1-2-11-27-23-28(20-19-24(27)9-1)36-39-37(32-15-5-6-18-34(32)44-39)42-40(41-36)43-33-17-8-13-26-12-7-16-30(35(26)33)31-22-21-25-10-3-4-14-29(25)38(31)43/h1-23H. The molecule has 0 bridgehead atoms. The highest BCUT2D eigenvalue weighted by Crippen LogP contribution is 2.53. The third kappa shape index (κ3) is 3.31. The van der Waals surface area contributed by atoms with Gasteiger partial charge in [0.2, 0.25) is 5.95 Å². The largest absolute Gasteiger partial charge is 0.277 e. The summed E-state index contributed by atoms with van der Waals surface area (Å²) in [4.78, 5) is 13.2. The fourth-order valence-electron chi connectivity index (χ4n) is 6.98. The highest BCUT2D eigenvalue weighted by molar-refractivity contribution is 7.26. The van der Waals surface area contributed by atoms with Crippen LogP contribution in [0.1, 0.15) is 0 Å². The van der Waals surface area contributed by atoms with Gasteiger partial charge in [-0.15, -0.1) is 11.3 Å². The average molecular weight is 578 g/mol. The molecule has 0 atom stereocenters. The van der Waals surface area contributed by atoms with E-state index in [0.717, 1.165) is 38.2 Å². The summed E-state index contributed by atoms with van der Waals surface area (Å²) in [6, 6.07) is 50.1. The van der Waals surface area contributed by atoms with Crippen molar-refractivity contribution in [2.24, 2.45) is 0 Å². The summed E-state index contributed by atoms with van der Waals surface area (Å²) >= 11 is 1.77. The number of anilines is 3. The molecular weight excluding hydrogens is 555 g/mol. The number of benzene rings is 7. The number of hydrogen-bond donors (Lipinski definition) is 0. The van der Waals surface area contributed by atoms with Gasteiger partial charge >= 0.3 is 0 Å². The smallest absolute Gasteiger partial charge is 0.235 e. The number of aromatic nitrogens is 2. The van der Waals surface area contributed by atoms with E-state index in [-0.39, 0.29) is 0 Å². The van der Waals surface area contributed by atoms with E-state index in [2.05, 4.69) is 144 Å². The second-order valence-corrected chi connectivity index (χ2v) is 12.5. The van der Waals surface area contributed by atoms with Crippen LogP contribution in [0.15, 0.2) is 140 Å². The van der Waals surface area contributed by atoms with Gasteiger partial charge < -0.3 is 0 Å². The average Bonchev–Trinajstić information content (AvgIpc) is 3.46. The maximum absolute atomic E-state index is 5.49. The normalized spacial score (nSPS) is 12.5. The Labute approximate surface area is 257 Å². The van der Waals surface area contributed by atoms with Crippen LogP contribution in [0.25, 0.3) is 75.0 Å². The summed E-state index contributed by atoms with van der Waals surface area (Å²) in [5.41, 5.74) is 7.71. The Morgan fingerprint density at radius 2 is 1.25 bits per heavy atom. The van der Waals surface area contributed by atoms with Gasteiger partial charge in [-0.2, -0.15) is 0 Å². The van der Waals surface area contributed by atoms with Crippen molar-refractivity contribution in [2.75, 3.05) is 4.90 Å². The molecule has 0 amide bonds. The summed E-state index contributed by atoms with van der Waals surface area (Å²) in [6.45, 7) is 0. The molecule has 10 rings (SSSR count). The molecule has 1 aliphatic rings. The number of nitrogens with zero attached hydrogens (tertiary/aromatic N) is 3. The lowest BCUT2D eigenvalue weighted by molar-refractivity contribution is 1.12. The van der Waals surface area contributed by atoms with Crippen LogP contribution < -0.4 is 4.90 Å². The van der Waals surface area contributed by atoms with Crippen molar-refractivity contribution in [3.63, 3.8) is 0 Å². The molecule has 3 heterocycles. The predicted molar refractivity (Wildman–Crippen MR) is 187 cm³/mol. The maximum atomic E-state index is 5.49. The van der Waals surface area contributed by atoms with Gasteiger partial charge in [0.25, 0.3) is 0 Å². The van der Waals surface area contributed by atoms with Crippen molar-refractivity contribution in [2.45, 2.75) is 0 Å². The van der Waals surface area contributed by atoms with Gasteiger partial charge in [-0.05, 0) is 45.3 Å². The molecule has 44 heavy (non-hydrogen) atoms. The summed E-state index contributed by atoms with van der Waals surface area (Å²) in [6.07, 6.45) is 0. The molecular formula is C40H23N3S. The van der Waals surface area contributed by atoms with Crippen LogP contribution in [0.5, 0.6) is 0 Å². The molecule has 4 heteroatoms. The molecule has 0 fully saturated rings. The van der Waals surface area contributed by atoms with Gasteiger partial charge in [-0.25, -0.2) is 9.97 Å². The predicted octanol–water partition coefficient (Wildman–Crippen LogP) is 11.4. The van der Waals surface area contributed by atoms with Crippen LogP contribution in [0.2, 0.25) is 0 Å². The zero-order valence-corrected chi connectivity index (χ0v) is 24.3. The Kier molecular flexibility index (Phi) is 4.87. The van der Waals surface area contributed by atoms with Crippen LogP contribution in [0.4, 0.5) is 17.3 Å². The van der Waals surface area contributed by atoms with Crippen LogP contribution in [0.3, 0.4) is 0 Å². The molecule has 7 aromatic carbocycles. The molecule has 0 radical (unpaired) electrons. The van der Waals surface area contributed by atoms with Crippen molar-refractivity contribution in [3.05, 3.63) is 140 Å². The lowest BCUT2D eigenvalue weighted by atomic mass is 9.89. The summed E-state index contributed by atoms with van der Waals surface area (Å²) in [5, 5.41) is 8.39. The van der Waals surface area contributed by atoms with Crippen molar-refractivity contribution in [3.8, 4) is 22.4 Å². The fourth-order valence-corrected chi connectivity index (χ4v) is 8.14. The first kappa shape index (κ1) is 23.9. The number of thiophene rings is 1.